The van der Waals surface area contributed by atoms with Gasteiger partial charge in [-0.25, -0.2) is 0 Å². The Bertz CT molecular complexity index is 745. The molecule has 1 aliphatic heterocycles. The first kappa shape index (κ1) is 17.3. The van der Waals surface area contributed by atoms with Crippen molar-refractivity contribution < 1.29 is 0 Å². The van der Waals surface area contributed by atoms with Gasteiger partial charge in [-0.3, -0.25) is 4.57 Å². The number of anilines is 1. The number of hydrogen-bond donors (Lipinski definition) is 0. The lowest BCUT2D eigenvalue weighted by atomic mass is 9.85. The Morgan fingerprint density at radius 1 is 0.926 bits per heavy atom. The van der Waals surface area contributed by atoms with Crippen LogP contribution < -0.4 is 4.90 Å². The zero-order valence-electron chi connectivity index (χ0n) is 16.4. The summed E-state index contributed by atoms with van der Waals surface area (Å²) in [5.41, 5.74) is 1.46. The summed E-state index contributed by atoms with van der Waals surface area (Å²) in [6, 6.07) is 11.6. The first-order valence-corrected chi connectivity index (χ1v) is 11.1. The van der Waals surface area contributed by atoms with Gasteiger partial charge in [-0.2, -0.15) is 0 Å². The second kappa shape index (κ2) is 7.65. The minimum Gasteiger partial charge on any atom is -0.338 e. The molecule has 1 aromatic heterocycles. The Kier molecular flexibility index (Phi) is 4.89. The van der Waals surface area contributed by atoms with Gasteiger partial charge in [-0.15, -0.1) is 10.2 Å². The summed E-state index contributed by atoms with van der Waals surface area (Å²) in [6.45, 7) is 2.31. The molecule has 1 aromatic carbocycles. The lowest BCUT2D eigenvalue weighted by molar-refractivity contribution is 0.382. The third-order valence-electron chi connectivity index (χ3n) is 6.85. The van der Waals surface area contributed by atoms with Crippen molar-refractivity contribution in [2.24, 2.45) is 5.92 Å². The van der Waals surface area contributed by atoms with Crippen molar-refractivity contribution in [1.29, 1.82) is 0 Å². The van der Waals surface area contributed by atoms with E-state index in [1.54, 1.807) is 0 Å². The summed E-state index contributed by atoms with van der Waals surface area (Å²) < 4.78 is 2.52. The van der Waals surface area contributed by atoms with Gasteiger partial charge in [0, 0.05) is 25.0 Å². The molecule has 144 valence electrons. The zero-order valence-corrected chi connectivity index (χ0v) is 16.4. The number of aryl methyl sites for hydroxylation is 1. The van der Waals surface area contributed by atoms with E-state index < -0.39 is 0 Å². The van der Waals surface area contributed by atoms with Crippen molar-refractivity contribution >= 4 is 5.95 Å². The lowest BCUT2D eigenvalue weighted by Gasteiger charge is -2.29. The van der Waals surface area contributed by atoms with Gasteiger partial charge in [0.15, 0.2) is 0 Å². The Labute approximate surface area is 163 Å². The molecule has 2 aromatic rings. The molecular weight excluding hydrogens is 332 g/mol. The van der Waals surface area contributed by atoms with Crippen LogP contribution in [0.1, 0.15) is 75.1 Å². The highest BCUT2D eigenvalue weighted by Crippen LogP contribution is 2.40. The van der Waals surface area contributed by atoms with Crippen LogP contribution in [0.4, 0.5) is 5.95 Å². The van der Waals surface area contributed by atoms with E-state index in [1.807, 2.05) is 0 Å². The van der Waals surface area contributed by atoms with E-state index in [0.29, 0.717) is 12.0 Å². The Hall–Kier alpha value is -1.84. The lowest BCUT2D eigenvalue weighted by Crippen LogP contribution is -2.32. The third kappa shape index (κ3) is 3.76. The largest absolute Gasteiger partial charge is 0.338 e. The average Bonchev–Trinajstić information content (AvgIpc) is 3.21. The summed E-state index contributed by atoms with van der Waals surface area (Å²) in [5.74, 6) is 4.02. The van der Waals surface area contributed by atoms with Crippen LogP contribution in [0.3, 0.4) is 0 Å². The number of hydrogen-bond acceptors (Lipinski definition) is 3. The zero-order chi connectivity index (χ0) is 18.1. The number of rotatable bonds is 8. The van der Waals surface area contributed by atoms with E-state index in [-0.39, 0.29) is 0 Å². The smallest absolute Gasteiger partial charge is 0.227 e. The van der Waals surface area contributed by atoms with Crippen LogP contribution in [-0.2, 0) is 13.0 Å². The van der Waals surface area contributed by atoms with E-state index in [4.69, 9.17) is 10.2 Å². The van der Waals surface area contributed by atoms with E-state index in [0.717, 1.165) is 19.0 Å². The Morgan fingerprint density at radius 3 is 2.52 bits per heavy atom. The SMILES string of the molecule is c1ccc(CCCC2CCCN2c2nnc(C3CCC3)n2CC2CC2)cc1. The molecule has 5 rings (SSSR count). The van der Waals surface area contributed by atoms with E-state index >= 15 is 0 Å². The van der Waals surface area contributed by atoms with Gasteiger partial charge in [0.2, 0.25) is 5.95 Å². The molecule has 2 saturated carbocycles. The summed E-state index contributed by atoms with van der Waals surface area (Å²) in [6.07, 6.45) is 13.1. The van der Waals surface area contributed by atoms with Crippen LogP contribution in [0.5, 0.6) is 0 Å². The minimum absolute atomic E-state index is 0.644. The first-order valence-electron chi connectivity index (χ1n) is 11.1. The van der Waals surface area contributed by atoms with Crippen molar-refractivity contribution in [3.63, 3.8) is 0 Å². The van der Waals surface area contributed by atoms with Gasteiger partial charge in [-0.05, 0) is 69.3 Å². The molecule has 3 aliphatic rings. The third-order valence-corrected chi connectivity index (χ3v) is 6.85. The number of nitrogens with zero attached hydrogens (tertiary/aromatic N) is 4. The molecule has 1 unspecified atom stereocenters. The molecule has 1 saturated heterocycles. The van der Waals surface area contributed by atoms with Gasteiger partial charge < -0.3 is 4.90 Å². The quantitative estimate of drug-likeness (QED) is 0.665. The van der Waals surface area contributed by atoms with Crippen molar-refractivity contribution in [3.05, 3.63) is 41.7 Å². The maximum Gasteiger partial charge on any atom is 0.227 e. The summed E-state index contributed by atoms with van der Waals surface area (Å²) in [7, 11) is 0. The van der Waals surface area contributed by atoms with Crippen molar-refractivity contribution in [2.45, 2.75) is 82.7 Å². The van der Waals surface area contributed by atoms with Crippen molar-refractivity contribution in [2.75, 3.05) is 11.4 Å². The molecule has 1 atom stereocenters. The van der Waals surface area contributed by atoms with E-state index in [2.05, 4.69) is 39.8 Å². The highest BCUT2D eigenvalue weighted by molar-refractivity contribution is 5.36. The second-order valence-electron chi connectivity index (χ2n) is 8.91. The van der Waals surface area contributed by atoms with Crippen molar-refractivity contribution in [3.8, 4) is 0 Å². The molecule has 0 amide bonds. The molecule has 4 heteroatoms. The molecule has 4 nitrogen and oxygen atoms in total. The molecular formula is C23H32N4. The predicted octanol–water partition coefficient (Wildman–Crippen LogP) is 4.95. The second-order valence-corrected chi connectivity index (χ2v) is 8.91. The normalized spacial score (nSPS) is 23.0. The Morgan fingerprint density at radius 2 is 1.78 bits per heavy atom. The Balaban J connectivity index is 1.28. The van der Waals surface area contributed by atoms with Crippen LogP contribution in [0.15, 0.2) is 30.3 Å². The monoisotopic (exact) mass is 364 g/mol. The summed E-state index contributed by atoms with van der Waals surface area (Å²) >= 11 is 0. The molecule has 0 N–H and O–H groups in total. The van der Waals surface area contributed by atoms with Crippen molar-refractivity contribution in [1.82, 2.24) is 14.8 Å². The van der Waals surface area contributed by atoms with Gasteiger partial charge in [-0.1, -0.05) is 36.8 Å². The fourth-order valence-electron chi connectivity index (χ4n) is 4.81. The van der Waals surface area contributed by atoms with Crippen LogP contribution in [-0.4, -0.2) is 27.4 Å². The van der Waals surface area contributed by atoms with Gasteiger partial charge >= 0.3 is 0 Å². The molecule has 2 heterocycles. The van der Waals surface area contributed by atoms with E-state index in [9.17, 15) is 0 Å². The number of benzene rings is 1. The molecule has 3 fully saturated rings. The molecule has 27 heavy (non-hydrogen) atoms. The minimum atomic E-state index is 0.644. The highest BCUT2D eigenvalue weighted by atomic mass is 15.4. The number of aromatic nitrogens is 3. The van der Waals surface area contributed by atoms with Crippen LogP contribution in [0.2, 0.25) is 0 Å². The summed E-state index contributed by atoms with van der Waals surface area (Å²) in [4.78, 5) is 2.60. The highest BCUT2D eigenvalue weighted by Gasteiger charge is 2.34. The van der Waals surface area contributed by atoms with E-state index in [1.165, 1.54) is 81.5 Å². The molecule has 2 aliphatic carbocycles. The predicted molar refractivity (Wildman–Crippen MR) is 109 cm³/mol. The molecule has 0 spiro atoms. The fraction of sp³-hybridized carbons (Fsp3) is 0.652. The standard InChI is InChI=1S/C23H32N4/c1-2-7-18(8-3-1)9-4-12-21-13-6-16-26(21)23-25-24-22(20-10-5-11-20)27(23)17-19-14-15-19/h1-3,7-8,19-21H,4-6,9-17H2. The molecule has 0 radical (unpaired) electrons. The first-order chi connectivity index (χ1) is 13.4. The summed E-state index contributed by atoms with van der Waals surface area (Å²) in [5, 5.41) is 9.43. The van der Waals surface area contributed by atoms with Gasteiger partial charge in [0.1, 0.15) is 5.82 Å². The van der Waals surface area contributed by atoms with Crippen LogP contribution in [0, 0.1) is 5.92 Å². The topological polar surface area (TPSA) is 34.0 Å². The van der Waals surface area contributed by atoms with Gasteiger partial charge in [0.05, 0.1) is 0 Å². The maximum absolute atomic E-state index is 4.74. The molecule has 0 bridgehead atoms. The van der Waals surface area contributed by atoms with Crippen LogP contribution in [0.25, 0.3) is 0 Å². The maximum atomic E-state index is 4.74. The fourth-order valence-corrected chi connectivity index (χ4v) is 4.81. The van der Waals surface area contributed by atoms with Crippen LogP contribution >= 0.6 is 0 Å². The average molecular weight is 365 g/mol. The van der Waals surface area contributed by atoms with Gasteiger partial charge in [0.25, 0.3) is 0 Å².